The van der Waals surface area contributed by atoms with Gasteiger partial charge in [-0.2, -0.15) is 0 Å². The average Bonchev–Trinajstić information content (AvgIpc) is 3.60. The maximum Gasteiger partial charge on any atom is 0.304 e. The molecule has 0 aliphatic carbocycles. The van der Waals surface area contributed by atoms with E-state index in [1.165, 1.54) is 23.1 Å². The Morgan fingerprint density at radius 3 is 2.42 bits per heavy atom. The summed E-state index contributed by atoms with van der Waals surface area (Å²) in [5.74, 6) is -0.315. The van der Waals surface area contributed by atoms with Crippen LogP contribution in [0.1, 0.15) is 31.1 Å². The lowest BCUT2D eigenvalue weighted by Gasteiger charge is -2.42. The molecule has 0 amide bonds. The van der Waals surface area contributed by atoms with E-state index >= 15 is 0 Å². The van der Waals surface area contributed by atoms with Crippen molar-refractivity contribution >= 4 is 35.2 Å². The molecule has 0 radical (unpaired) electrons. The Hall–Kier alpha value is -3.15. The van der Waals surface area contributed by atoms with Gasteiger partial charge in [-0.1, -0.05) is 68.1 Å². The molecule has 0 spiro atoms. The molecule has 40 heavy (non-hydrogen) atoms. The fourth-order valence-corrected chi connectivity index (χ4v) is 10.3. The van der Waals surface area contributed by atoms with Gasteiger partial charge in [-0.25, -0.2) is 8.42 Å². The van der Waals surface area contributed by atoms with Gasteiger partial charge in [0, 0.05) is 31.4 Å². The van der Waals surface area contributed by atoms with Gasteiger partial charge in [0.1, 0.15) is 0 Å². The summed E-state index contributed by atoms with van der Waals surface area (Å²) in [6, 6.07) is 22.1. The second kappa shape index (κ2) is 11.0. The molecule has 8 nitrogen and oxygen atoms in total. The van der Waals surface area contributed by atoms with Crippen molar-refractivity contribution in [1.82, 2.24) is 20.2 Å². The highest BCUT2D eigenvalue weighted by Crippen LogP contribution is 2.51. The summed E-state index contributed by atoms with van der Waals surface area (Å²) < 4.78 is 33.4. The van der Waals surface area contributed by atoms with Crippen LogP contribution in [0.5, 0.6) is 0 Å². The molecule has 2 atom stereocenters. The van der Waals surface area contributed by atoms with Crippen molar-refractivity contribution in [1.29, 1.82) is 0 Å². The van der Waals surface area contributed by atoms with Crippen LogP contribution in [0.15, 0.2) is 66.7 Å². The number of hydrogen-bond donors (Lipinski definition) is 0. The lowest BCUT2D eigenvalue weighted by Crippen LogP contribution is -2.50. The van der Waals surface area contributed by atoms with E-state index in [0.717, 1.165) is 40.6 Å². The Bertz CT molecular complexity index is 1590. The van der Waals surface area contributed by atoms with E-state index in [2.05, 4.69) is 35.1 Å². The smallest absolute Gasteiger partial charge is 0.304 e. The number of carbonyl (C=O) groups is 1. The number of para-hydroxylation sites is 1. The van der Waals surface area contributed by atoms with Crippen molar-refractivity contribution in [3.8, 4) is 27.5 Å². The molecule has 210 valence electrons. The minimum atomic E-state index is -3.73. The van der Waals surface area contributed by atoms with E-state index < -0.39 is 28.8 Å². The molecule has 0 bridgehead atoms. The fourth-order valence-electron chi connectivity index (χ4n) is 5.29. The first-order valence-electron chi connectivity index (χ1n) is 13.5. The summed E-state index contributed by atoms with van der Waals surface area (Å²) >= 11 is 1.38. The molecule has 5 rings (SSSR count). The lowest BCUT2D eigenvalue weighted by atomic mass is 9.91. The first-order chi connectivity index (χ1) is 19.0. The monoisotopic (exact) mass is 594 g/mol. The predicted octanol–water partition coefficient (Wildman–Crippen LogP) is 6.33. The summed E-state index contributed by atoms with van der Waals surface area (Å²) in [4.78, 5) is 13.7. The van der Waals surface area contributed by atoms with Gasteiger partial charge in [0.15, 0.2) is 9.84 Å². The SMILES string of the molecule is CC(=O)O[C@@]1(c2ccc(-c3ccc(-c4nnn(-c5ccccc5)n4)cc3)s2)C(CC[Si](C)(C)C)CCCS1(=O)=O. The van der Waals surface area contributed by atoms with Crippen LogP contribution in [0.3, 0.4) is 0 Å². The highest BCUT2D eigenvalue weighted by molar-refractivity contribution is 7.92. The Morgan fingerprint density at radius 2 is 1.75 bits per heavy atom. The first kappa shape index (κ1) is 28.4. The number of esters is 1. The molecular weight excluding hydrogens is 561 g/mol. The maximum absolute atomic E-state index is 13.7. The summed E-state index contributed by atoms with van der Waals surface area (Å²) in [6.07, 6.45) is 2.03. The van der Waals surface area contributed by atoms with Gasteiger partial charge < -0.3 is 4.74 Å². The average molecular weight is 595 g/mol. The van der Waals surface area contributed by atoms with Crippen LogP contribution in [0.2, 0.25) is 25.7 Å². The van der Waals surface area contributed by atoms with E-state index in [0.29, 0.717) is 17.1 Å². The predicted molar refractivity (Wildman–Crippen MR) is 161 cm³/mol. The van der Waals surface area contributed by atoms with Crippen molar-refractivity contribution in [2.45, 2.75) is 56.8 Å². The van der Waals surface area contributed by atoms with Crippen LogP contribution in [0.25, 0.3) is 27.5 Å². The molecule has 11 heteroatoms. The highest BCUT2D eigenvalue weighted by atomic mass is 32.2. The summed E-state index contributed by atoms with van der Waals surface area (Å²) in [7, 11) is -5.16. The second-order valence-electron chi connectivity index (χ2n) is 11.5. The highest BCUT2D eigenvalue weighted by Gasteiger charge is 2.57. The van der Waals surface area contributed by atoms with Gasteiger partial charge in [0.25, 0.3) is 0 Å². The largest absolute Gasteiger partial charge is 0.437 e. The zero-order valence-electron chi connectivity index (χ0n) is 23.2. The van der Waals surface area contributed by atoms with Gasteiger partial charge in [0.2, 0.25) is 10.8 Å². The zero-order valence-corrected chi connectivity index (χ0v) is 25.8. The zero-order chi connectivity index (χ0) is 28.5. The Morgan fingerprint density at radius 1 is 1.05 bits per heavy atom. The van der Waals surface area contributed by atoms with Crippen LogP contribution >= 0.6 is 11.3 Å². The molecule has 3 heterocycles. The van der Waals surface area contributed by atoms with E-state index in [1.54, 1.807) is 0 Å². The number of tetrazole rings is 1. The molecule has 1 unspecified atom stereocenters. The Labute approximate surface area is 240 Å². The van der Waals surface area contributed by atoms with Crippen molar-refractivity contribution in [3.05, 3.63) is 71.6 Å². The third-order valence-electron chi connectivity index (χ3n) is 7.28. The van der Waals surface area contributed by atoms with E-state index in [4.69, 9.17) is 4.74 Å². The number of nitrogens with zero attached hydrogens (tertiary/aromatic N) is 4. The van der Waals surface area contributed by atoms with Crippen molar-refractivity contribution < 1.29 is 17.9 Å². The topological polar surface area (TPSA) is 104 Å². The fraction of sp³-hybridized carbons (Fsp3) is 0.379. The van der Waals surface area contributed by atoms with Crippen LogP contribution in [-0.4, -0.2) is 48.4 Å². The molecule has 1 fully saturated rings. The molecule has 2 aromatic heterocycles. The van der Waals surface area contributed by atoms with Gasteiger partial charge in [-0.15, -0.1) is 26.3 Å². The number of thiophene rings is 1. The lowest BCUT2D eigenvalue weighted by molar-refractivity contribution is -0.154. The van der Waals surface area contributed by atoms with Crippen molar-refractivity contribution in [2.24, 2.45) is 5.92 Å². The molecule has 1 saturated heterocycles. The molecule has 2 aromatic carbocycles. The van der Waals surface area contributed by atoms with Crippen LogP contribution in [-0.2, 0) is 24.3 Å². The van der Waals surface area contributed by atoms with E-state index in [9.17, 15) is 13.2 Å². The number of hydrogen-bond acceptors (Lipinski definition) is 8. The van der Waals surface area contributed by atoms with Gasteiger partial charge in [-0.05, 0) is 54.3 Å². The first-order valence-corrected chi connectivity index (χ1v) is 19.6. The van der Waals surface area contributed by atoms with Gasteiger partial charge in [-0.3, -0.25) is 4.79 Å². The minimum absolute atomic E-state index is 0.0162. The quantitative estimate of drug-likeness (QED) is 0.173. The standard InChI is InChI=1S/C29H34N4O4S2Si/c1-21(34)37-29(24(18-20-40(2,3)4)9-8-19-39(29,35)36)27-17-16-26(38-27)22-12-14-23(15-13-22)28-30-32-33(31-28)25-10-6-5-7-11-25/h5-7,10-17,24H,8-9,18-20H2,1-4H3/t24?,29-/m0/s1. The maximum atomic E-state index is 13.7. The van der Waals surface area contributed by atoms with Gasteiger partial charge >= 0.3 is 5.97 Å². The molecule has 0 saturated carbocycles. The van der Waals surface area contributed by atoms with Crippen LogP contribution < -0.4 is 0 Å². The Kier molecular flexibility index (Phi) is 7.82. The van der Waals surface area contributed by atoms with Crippen LogP contribution in [0, 0.1) is 5.92 Å². The number of ether oxygens (including phenoxy) is 1. The second-order valence-corrected chi connectivity index (χ2v) is 20.4. The Balaban J connectivity index is 1.46. The number of rotatable bonds is 8. The summed E-state index contributed by atoms with van der Waals surface area (Å²) in [5.41, 5.74) is 2.58. The number of aromatic nitrogens is 4. The minimum Gasteiger partial charge on any atom is -0.437 e. The number of carbonyl (C=O) groups excluding carboxylic acids is 1. The third-order valence-corrected chi connectivity index (χ3v) is 12.8. The normalized spacial score (nSPS) is 20.8. The molecule has 1 aliphatic heterocycles. The summed E-state index contributed by atoms with van der Waals surface area (Å²) in [6.45, 7) is 8.14. The van der Waals surface area contributed by atoms with Crippen molar-refractivity contribution in [2.75, 3.05) is 5.75 Å². The van der Waals surface area contributed by atoms with Gasteiger partial charge in [0.05, 0.1) is 16.3 Å². The van der Waals surface area contributed by atoms with E-state index in [1.807, 2.05) is 66.7 Å². The molecular formula is C29H34N4O4S2Si. The van der Waals surface area contributed by atoms with Crippen LogP contribution in [0.4, 0.5) is 0 Å². The third kappa shape index (κ3) is 5.68. The summed E-state index contributed by atoms with van der Waals surface area (Å²) in [5, 5.41) is 12.9. The molecule has 1 aliphatic rings. The van der Waals surface area contributed by atoms with E-state index in [-0.39, 0.29) is 11.7 Å². The molecule has 0 N–H and O–H groups in total. The molecule has 4 aromatic rings. The number of benzene rings is 2. The number of sulfone groups is 1. The van der Waals surface area contributed by atoms with Crippen molar-refractivity contribution in [3.63, 3.8) is 0 Å².